The molecule has 0 saturated heterocycles. The van der Waals surface area contributed by atoms with Gasteiger partial charge in [-0.05, 0) is 24.7 Å². The van der Waals surface area contributed by atoms with Crippen LogP contribution in [0.5, 0.6) is 0 Å². The van der Waals surface area contributed by atoms with Crippen LogP contribution in [0.15, 0.2) is 10.6 Å². The summed E-state index contributed by atoms with van der Waals surface area (Å²) in [5.74, 6) is 0.00284. The Morgan fingerprint density at radius 2 is 1.81 bits per heavy atom. The second-order valence-electron chi connectivity index (χ2n) is 6.65. The zero-order valence-electron chi connectivity index (χ0n) is 15.9. The molecule has 2 rings (SSSR count). The predicted molar refractivity (Wildman–Crippen MR) is 107 cm³/mol. The van der Waals surface area contributed by atoms with E-state index in [4.69, 9.17) is 26.2 Å². The first-order chi connectivity index (χ1) is 12.6. The second-order valence-corrected chi connectivity index (χ2v) is 8.08. The summed E-state index contributed by atoms with van der Waals surface area (Å²) in [7, 11) is 2.54. The fraction of sp³-hybridized carbons (Fsp3) is 0.412. The number of rotatable bonds is 4. The van der Waals surface area contributed by atoms with Crippen LogP contribution in [0.1, 0.15) is 52.1 Å². The molecule has 2 heterocycles. The van der Waals surface area contributed by atoms with Gasteiger partial charge >= 0.3 is 11.9 Å². The fourth-order valence-corrected chi connectivity index (χ4v) is 3.56. The number of thiophene rings is 1. The Balaban J connectivity index is 2.25. The van der Waals surface area contributed by atoms with Gasteiger partial charge in [-0.2, -0.15) is 0 Å². The van der Waals surface area contributed by atoms with Crippen molar-refractivity contribution in [3.63, 3.8) is 0 Å². The van der Waals surface area contributed by atoms with Crippen molar-refractivity contribution in [1.29, 1.82) is 0 Å². The molecule has 0 aromatic carbocycles. The SMILES string of the molecule is COC(=O)c1sc(NC(=S)Nc2cc(C(C)(C)C)on2)c(C(=O)OC)c1C. The first-order valence-corrected chi connectivity index (χ1v) is 9.16. The number of methoxy groups -OCH3 is 2. The quantitative estimate of drug-likeness (QED) is 0.575. The smallest absolute Gasteiger partial charge is 0.348 e. The molecule has 2 aromatic rings. The van der Waals surface area contributed by atoms with Crippen LogP contribution in [0.3, 0.4) is 0 Å². The minimum atomic E-state index is -0.583. The molecule has 0 fully saturated rings. The molecule has 0 bridgehead atoms. The van der Waals surface area contributed by atoms with Gasteiger partial charge in [-0.3, -0.25) is 0 Å². The van der Waals surface area contributed by atoms with E-state index in [1.807, 2.05) is 20.8 Å². The summed E-state index contributed by atoms with van der Waals surface area (Å²) in [6.45, 7) is 7.64. The molecule has 0 aliphatic carbocycles. The van der Waals surface area contributed by atoms with Gasteiger partial charge in [-0.15, -0.1) is 11.3 Å². The highest BCUT2D eigenvalue weighted by Gasteiger charge is 2.26. The maximum absolute atomic E-state index is 12.1. The zero-order chi connectivity index (χ0) is 20.4. The molecular formula is C17H21N3O5S2. The standard InChI is InChI=1S/C17H21N3O5S2/c1-8-11(14(21)23-5)13(27-12(8)15(22)24-6)19-16(26)18-10-7-9(25-20-10)17(2,3)4/h7H,1-6H3,(H2,18,19,20,26). The number of nitrogens with one attached hydrogen (secondary N) is 2. The minimum Gasteiger partial charge on any atom is -0.465 e. The van der Waals surface area contributed by atoms with E-state index in [0.29, 0.717) is 27.0 Å². The molecule has 0 atom stereocenters. The van der Waals surface area contributed by atoms with Gasteiger partial charge < -0.3 is 24.6 Å². The number of hydrogen-bond donors (Lipinski definition) is 2. The number of anilines is 2. The van der Waals surface area contributed by atoms with Gasteiger partial charge in [0.25, 0.3) is 0 Å². The lowest BCUT2D eigenvalue weighted by atomic mass is 9.93. The van der Waals surface area contributed by atoms with E-state index in [-0.39, 0.29) is 16.1 Å². The number of carbonyl (C=O) groups is 2. The zero-order valence-corrected chi connectivity index (χ0v) is 17.5. The van der Waals surface area contributed by atoms with Crippen LogP contribution in [-0.4, -0.2) is 36.4 Å². The van der Waals surface area contributed by atoms with Crippen LogP contribution >= 0.6 is 23.6 Å². The highest BCUT2D eigenvalue weighted by Crippen LogP contribution is 2.34. The summed E-state index contributed by atoms with van der Waals surface area (Å²) in [4.78, 5) is 24.3. The van der Waals surface area contributed by atoms with Crippen LogP contribution in [0.2, 0.25) is 0 Å². The average Bonchev–Trinajstić information content (AvgIpc) is 3.18. The van der Waals surface area contributed by atoms with Crippen molar-refractivity contribution < 1.29 is 23.6 Å². The van der Waals surface area contributed by atoms with Crippen molar-refractivity contribution in [2.45, 2.75) is 33.1 Å². The van der Waals surface area contributed by atoms with E-state index >= 15 is 0 Å². The van der Waals surface area contributed by atoms with E-state index < -0.39 is 11.9 Å². The molecule has 0 spiro atoms. The fourth-order valence-electron chi connectivity index (χ4n) is 2.18. The molecule has 0 unspecified atom stereocenters. The van der Waals surface area contributed by atoms with Crippen molar-refractivity contribution in [1.82, 2.24) is 5.16 Å². The van der Waals surface area contributed by atoms with Gasteiger partial charge in [0.15, 0.2) is 10.9 Å². The van der Waals surface area contributed by atoms with Gasteiger partial charge in [-0.25, -0.2) is 9.59 Å². The summed E-state index contributed by atoms with van der Waals surface area (Å²) in [6.07, 6.45) is 0. The Kier molecular flexibility index (Phi) is 6.22. The number of thiocarbonyl (C=S) groups is 1. The third-order valence-electron chi connectivity index (χ3n) is 3.63. The Morgan fingerprint density at radius 3 is 2.33 bits per heavy atom. The number of aromatic nitrogens is 1. The first kappa shape index (κ1) is 20.8. The Labute approximate surface area is 166 Å². The Hall–Kier alpha value is -2.46. The molecule has 27 heavy (non-hydrogen) atoms. The predicted octanol–water partition coefficient (Wildman–Crippen LogP) is 3.72. The molecule has 8 nitrogen and oxygen atoms in total. The van der Waals surface area contributed by atoms with Crippen molar-refractivity contribution in [2.75, 3.05) is 24.9 Å². The van der Waals surface area contributed by atoms with E-state index in [0.717, 1.165) is 11.3 Å². The van der Waals surface area contributed by atoms with Crippen LogP contribution < -0.4 is 10.6 Å². The lowest BCUT2D eigenvalue weighted by Gasteiger charge is -2.12. The Bertz CT molecular complexity index is 880. The second kappa shape index (κ2) is 8.05. The largest absolute Gasteiger partial charge is 0.465 e. The number of ether oxygens (including phenoxy) is 2. The van der Waals surface area contributed by atoms with Crippen LogP contribution in [0, 0.1) is 6.92 Å². The normalized spacial score (nSPS) is 11.0. The van der Waals surface area contributed by atoms with E-state index in [2.05, 4.69) is 15.8 Å². The molecule has 2 N–H and O–H groups in total. The van der Waals surface area contributed by atoms with Gasteiger partial charge in [0, 0.05) is 11.5 Å². The highest BCUT2D eigenvalue weighted by molar-refractivity contribution is 7.80. The molecule has 0 amide bonds. The monoisotopic (exact) mass is 411 g/mol. The number of hydrogen-bond acceptors (Lipinski definition) is 8. The summed E-state index contributed by atoms with van der Waals surface area (Å²) in [5.41, 5.74) is 0.489. The van der Waals surface area contributed by atoms with Gasteiger partial charge in [0.05, 0.1) is 19.8 Å². The number of nitrogens with zero attached hydrogens (tertiary/aromatic N) is 1. The van der Waals surface area contributed by atoms with Crippen LogP contribution in [0.4, 0.5) is 10.8 Å². The molecule has 2 aromatic heterocycles. The maximum Gasteiger partial charge on any atom is 0.348 e. The van der Waals surface area contributed by atoms with Crippen LogP contribution in [-0.2, 0) is 14.9 Å². The van der Waals surface area contributed by atoms with Gasteiger partial charge in [0.2, 0.25) is 0 Å². The van der Waals surface area contributed by atoms with E-state index in [1.165, 1.54) is 14.2 Å². The summed E-state index contributed by atoms with van der Waals surface area (Å²) in [5, 5.41) is 10.3. The molecule has 146 valence electrons. The first-order valence-electron chi connectivity index (χ1n) is 7.93. The third-order valence-corrected chi connectivity index (χ3v) is 5.02. The van der Waals surface area contributed by atoms with Crippen molar-refractivity contribution in [3.8, 4) is 0 Å². The Morgan fingerprint density at radius 1 is 1.19 bits per heavy atom. The molecule has 10 heteroatoms. The molecule has 0 saturated carbocycles. The van der Waals surface area contributed by atoms with Crippen LogP contribution in [0.25, 0.3) is 0 Å². The summed E-state index contributed by atoms with van der Waals surface area (Å²) < 4.78 is 14.9. The topological polar surface area (TPSA) is 103 Å². The summed E-state index contributed by atoms with van der Waals surface area (Å²) in [6, 6.07) is 1.74. The molecule has 0 aliphatic heterocycles. The van der Waals surface area contributed by atoms with Gasteiger partial charge in [-0.1, -0.05) is 25.9 Å². The molecule has 0 aliphatic rings. The van der Waals surface area contributed by atoms with Crippen molar-refractivity contribution >= 4 is 51.4 Å². The van der Waals surface area contributed by atoms with Crippen molar-refractivity contribution in [2.24, 2.45) is 0 Å². The van der Waals surface area contributed by atoms with Gasteiger partial charge in [0.1, 0.15) is 15.6 Å². The summed E-state index contributed by atoms with van der Waals surface area (Å²) >= 11 is 6.34. The average molecular weight is 412 g/mol. The molecular weight excluding hydrogens is 390 g/mol. The minimum absolute atomic E-state index is 0.187. The number of carbonyl (C=O) groups excluding carboxylic acids is 2. The van der Waals surface area contributed by atoms with E-state index in [9.17, 15) is 9.59 Å². The third kappa shape index (κ3) is 4.64. The lowest BCUT2D eigenvalue weighted by molar-refractivity contribution is 0.0601. The van der Waals surface area contributed by atoms with E-state index in [1.54, 1.807) is 13.0 Å². The highest BCUT2D eigenvalue weighted by atomic mass is 32.1. The number of esters is 2. The maximum atomic E-state index is 12.1. The molecule has 0 radical (unpaired) electrons. The lowest BCUT2D eigenvalue weighted by Crippen LogP contribution is -2.20. The van der Waals surface area contributed by atoms with Crippen molar-refractivity contribution in [3.05, 3.63) is 27.8 Å².